The van der Waals surface area contributed by atoms with Gasteiger partial charge in [-0.1, -0.05) is 6.08 Å². The van der Waals surface area contributed by atoms with E-state index in [0.29, 0.717) is 5.56 Å². The van der Waals surface area contributed by atoms with Gasteiger partial charge in [-0.15, -0.1) is 0 Å². The number of allylic oxidation sites excluding steroid dienone is 1. The van der Waals surface area contributed by atoms with Gasteiger partial charge in [-0.05, 0) is 56.7 Å². The van der Waals surface area contributed by atoms with E-state index in [-0.39, 0.29) is 11.5 Å². The van der Waals surface area contributed by atoms with Gasteiger partial charge in [0.15, 0.2) is 0 Å². The first-order valence-corrected chi connectivity index (χ1v) is 9.15. The SMILES string of the molecule is COC(=O)c1ccc(N=Cc2cc3c(cc2OC)N(C)C(C)(C)C=C3C)cc1. The zero-order valence-electron chi connectivity index (χ0n) is 17.2. The highest BCUT2D eigenvalue weighted by Gasteiger charge is 2.29. The molecule has 0 N–H and O–H groups in total. The van der Waals surface area contributed by atoms with Crippen molar-refractivity contribution in [1.29, 1.82) is 0 Å². The monoisotopic (exact) mass is 378 g/mol. The van der Waals surface area contributed by atoms with Gasteiger partial charge >= 0.3 is 5.97 Å². The highest BCUT2D eigenvalue weighted by atomic mass is 16.5. The van der Waals surface area contributed by atoms with Crippen LogP contribution in [0.3, 0.4) is 0 Å². The molecule has 1 aliphatic rings. The maximum Gasteiger partial charge on any atom is 0.337 e. The number of likely N-dealkylation sites (N-methyl/N-ethyl adjacent to an activating group) is 1. The number of hydrogen-bond donors (Lipinski definition) is 0. The van der Waals surface area contributed by atoms with Crippen molar-refractivity contribution in [3.8, 4) is 5.75 Å². The Hall–Kier alpha value is -3.08. The molecule has 3 rings (SSSR count). The molecule has 0 saturated heterocycles. The van der Waals surface area contributed by atoms with Crippen molar-refractivity contribution in [2.24, 2.45) is 4.99 Å². The van der Waals surface area contributed by atoms with Gasteiger partial charge in [-0.2, -0.15) is 0 Å². The third-order valence-electron chi connectivity index (χ3n) is 5.21. The Kier molecular flexibility index (Phi) is 5.27. The maximum absolute atomic E-state index is 11.5. The summed E-state index contributed by atoms with van der Waals surface area (Å²) in [6.45, 7) is 6.52. The number of carbonyl (C=O) groups excluding carboxylic acids is 1. The summed E-state index contributed by atoms with van der Waals surface area (Å²) < 4.78 is 10.3. The van der Waals surface area contributed by atoms with Crippen LogP contribution in [0.5, 0.6) is 5.75 Å². The molecule has 0 aromatic heterocycles. The molecule has 5 heteroatoms. The molecule has 0 amide bonds. The molecule has 0 atom stereocenters. The summed E-state index contributed by atoms with van der Waals surface area (Å²) in [7, 11) is 5.13. The highest BCUT2D eigenvalue weighted by Crippen LogP contribution is 2.40. The van der Waals surface area contributed by atoms with E-state index in [4.69, 9.17) is 9.47 Å². The fourth-order valence-electron chi connectivity index (χ4n) is 3.42. The van der Waals surface area contributed by atoms with E-state index in [1.165, 1.54) is 18.2 Å². The van der Waals surface area contributed by atoms with Crippen molar-refractivity contribution < 1.29 is 14.3 Å². The molecule has 5 nitrogen and oxygen atoms in total. The number of esters is 1. The number of ether oxygens (including phenoxy) is 2. The smallest absolute Gasteiger partial charge is 0.337 e. The summed E-state index contributed by atoms with van der Waals surface area (Å²) in [5.41, 5.74) is 5.64. The summed E-state index contributed by atoms with van der Waals surface area (Å²) in [5, 5.41) is 0. The minimum absolute atomic E-state index is 0.0565. The van der Waals surface area contributed by atoms with Gasteiger partial charge in [-0.25, -0.2) is 4.79 Å². The molecule has 2 aromatic carbocycles. The van der Waals surface area contributed by atoms with E-state index in [2.05, 4.69) is 55.9 Å². The van der Waals surface area contributed by atoms with Crippen LogP contribution in [-0.4, -0.2) is 39.0 Å². The predicted octanol–water partition coefficient (Wildman–Crippen LogP) is 4.86. The molecular weight excluding hydrogens is 352 g/mol. The lowest BCUT2D eigenvalue weighted by molar-refractivity contribution is 0.0601. The second-order valence-corrected chi connectivity index (χ2v) is 7.45. The number of methoxy groups -OCH3 is 2. The zero-order valence-corrected chi connectivity index (χ0v) is 17.2. The number of aliphatic imine (C=N–C) groups is 1. The molecule has 0 fully saturated rings. The molecule has 0 radical (unpaired) electrons. The topological polar surface area (TPSA) is 51.1 Å². The lowest BCUT2D eigenvalue weighted by Crippen LogP contribution is -2.42. The number of hydrogen-bond acceptors (Lipinski definition) is 5. The molecule has 0 bridgehead atoms. The first-order chi connectivity index (χ1) is 13.3. The molecule has 1 heterocycles. The first kappa shape index (κ1) is 19.7. The van der Waals surface area contributed by atoms with Crippen LogP contribution in [0.1, 0.15) is 42.3 Å². The van der Waals surface area contributed by atoms with E-state index in [9.17, 15) is 4.79 Å². The van der Waals surface area contributed by atoms with Gasteiger partial charge in [0.1, 0.15) is 5.75 Å². The fourth-order valence-corrected chi connectivity index (χ4v) is 3.42. The summed E-state index contributed by atoms with van der Waals surface area (Å²) in [6, 6.07) is 11.1. The van der Waals surface area contributed by atoms with Crippen LogP contribution in [0, 0.1) is 0 Å². The van der Waals surface area contributed by atoms with Crippen LogP contribution in [0.15, 0.2) is 47.5 Å². The molecule has 0 unspecified atom stereocenters. The highest BCUT2D eigenvalue weighted by molar-refractivity contribution is 5.92. The second kappa shape index (κ2) is 7.50. The van der Waals surface area contributed by atoms with Crippen LogP contribution in [0.25, 0.3) is 5.57 Å². The lowest BCUT2D eigenvalue weighted by atomic mass is 9.88. The zero-order chi connectivity index (χ0) is 20.5. The van der Waals surface area contributed by atoms with Gasteiger partial charge in [0.05, 0.1) is 31.0 Å². The molecule has 1 aliphatic heterocycles. The number of rotatable bonds is 4. The minimum Gasteiger partial charge on any atom is -0.496 e. The van der Waals surface area contributed by atoms with E-state index in [0.717, 1.165) is 22.7 Å². The standard InChI is InChI=1S/C23H26N2O3/c1-15-13-23(2,3)25(4)20-12-21(27-5)17(11-19(15)20)14-24-18-9-7-16(8-10-18)22(26)28-6/h7-14H,1-6H3. The Balaban J connectivity index is 1.96. The molecule has 146 valence electrons. The summed E-state index contributed by atoms with van der Waals surface area (Å²) in [6.07, 6.45) is 4.06. The molecule has 2 aromatic rings. The van der Waals surface area contributed by atoms with E-state index >= 15 is 0 Å². The summed E-state index contributed by atoms with van der Waals surface area (Å²) in [5.74, 6) is 0.409. The average Bonchev–Trinajstić information content (AvgIpc) is 2.69. The van der Waals surface area contributed by atoms with Crippen molar-refractivity contribution in [3.05, 3.63) is 59.2 Å². The Morgan fingerprint density at radius 3 is 2.43 bits per heavy atom. The van der Waals surface area contributed by atoms with E-state index in [1.54, 1.807) is 37.6 Å². The van der Waals surface area contributed by atoms with E-state index in [1.807, 2.05) is 0 Å². The van der Waals surface area contributed by atoms with E-state index < -0.39 is 0 Å². The Bertz CT molecular complexity index is 957. The Labute approximate surface area is 166 Å². The minimum atomic E-state index is -0.360. The maximum atomic E-state index is 11.5. The van der Waals surface area contributed by atoms with Crippen LogP contribution in [-0.2, 0) is 4.74 Å². The normalized spacial score (nSPS) is 15.2. The Morgan fingerprint density at radius 2 is 1.82 bits per heavy atom. The summed E-state index contributed by atoms with van der Waals surface area (Å²) >= 11 is 0. The molecule has 28 heavy (non-hydrogen) atoms. The average molecular weight is 378 g/mol. The largest absolute Gasteiger partial charge is 0.496 e. The van der Waals surface area contributed by atoms with Crippen LogP contribution >= 0.6 is 0 Å². The Morgan fingerprint density at radius 1 is 1.14 bits per heavy atom. The third-order valence-corrected chi connectivity index (χ3v) is 5.21. The number of benzene rings is 2. The van der Waals surface area contributed by atoms with Gasteiger partial charge < -0.3 is 14.4 Å². The van der Waals surface area contributed by atoms with Gasteiger partial charge in [0.25, 0.3) is 0 Å². The summed E-state index contributed by atoms with van der Waals surface area (Å²) in [4.78, 5) is 18.3. The van der Waals surface area contributed by atoms with Crippen molar-refractivity contribution >= 4 is 29.1 Å². The van der Waals surface area contributed by atoms with Crippen molar-refractivity contribution in [1.82, 2.24) is 0 Å². The van der Waals surface area contributed by atoms with Gasteiger partial charge in [0, 0.05) is 36.1 Å². The lowest BCUT2D eigenvalue weighted by Gasteiger charge is -2.40. The van der Waals surface area contributed by atoms with Crippen molar-refractivity contribution in [2.45, 2.75) is 26.3 Å². The molecular formula is C23H26N2O3. The number of nitrogens with zero attached hydrogens (tertiary/aromatic N) is 2. The third kappa shape index (κ3) is 3.65. The van der Waals surface area contributed by atoms with Crippen LogP contribution < -0.4 is 9.64 Å². The number of carbonyl (C=O) groups is 1. The molecule has 0 aliphatic carbocycles. The quantitative estimate of drug-likeness (QED) is 0.563. The first-order valence-electron chi connectivity index (χ1n) is 9.15. The number of anilines is 1. The van der Waals surface area contributed by atoms with Crippen molar-refractivity contribution in [2.75, 3.05) is 26.2 Å². The second-order valence-electron chi connectivity index (χ2n) is 7.45. The molecule has 0 saturated carbocycles. The van der Waals surface area contributed by atoms with Gasteiger partial charge in [0.2, 0.25) is 0 Å². The fraction of sp³-hybridized carbons (Fsp3) is 0.304. The molecule has 0 spiro atoms. The van der Waals surface area contributed by atoms with Gasteiger partial charge in [-0.3, -0.25) is 4.99 Å². The number of fused-ring (bicyclic) bond motifs is 1. The van der Waals surface area contributed by atoms with Crippen molar-refractivity contribution in [3.63, 3.8) is 0 Å². The predicted molar refractivity (Wildman–Crippen MR) is 114 cm³/mol. The van der Waals surface area contributed by atoms with Crippen LogP contribution in [0.4, 0.5) is 11.4 Å². The van der Waals surface area contributed by atoms with Crippen LogP contribution in [0.2, 0.25) is 0 Å².